The number of hydrogen-bond acceptors (Lipinski definition) is 4. The van der Waals surface area contributed by atoms with E-state index in [1.807, 2.05) is 0 Å². The largest absolute Gasteiger partial charge is 0.346 e. The number of hydroxylamine groups is 2. The molecular weight excluding hydrogens is 269 g/mol. The minimum atomic E-state index is -0.392. The zero-order valence-electron chi connectivity index (χ0n) is 10.4. The van der Waals surface area contributed by atoms with Gasteiger partial charge in [-0.3, -0.25) is 10.2 Å². The second kappa shape index (κ2) is 5.77. The third-order valence-electron chi connectivity index (χ3n) is 2.44. The first-order chi connectivity index (χ1) is 9.10. The van der Waals surface area contributed by atoms with Crippen molar-refractivity contribution in [3.05, 3.63) is 36.1 Å². The number of anilines is 1. The molecule has 7 heteroatoms. The Bertz CT molecular complexity index is 571. The molecule has 5 nitrogen and oxygen atoms in total. The van der Waals surface area contributed by atoms with Gasteiger partial charge in [0.15, 0.2) is 0 Å². The Balaban J connectivity index is 2.11. The van der Waals surface area contributed by atoms with Crippen molar-refractivity contribution < 1.29 is 14.0 Å². The number of amides is 2. The molecular formula is C12H12FN3O2S. The number of benzene rings is 1. The minimum absolute atomic E-state index is 0.297. The molecule has 0 bridgehead atoms. The third-order valence-corrected chi connectivity index (χ3v) is 3.14. The van der Waals surface area contributed by atoms with Crippen molar-refractivity contribution >= 4 is 22.6 Å². The van der Waals surface area contributed by atoms with Gasteiger partial charge in [0, 0.05) is 18.7 Å². The molecule has 0 spiro atoms. The van der Waals surface area contributed by atoms with Crippen LogP contribution < -0.4 is 5.32 Å². The fraction of sp³-hybridized carbons (Fsp3) is 0.167. The Morgan fingerprint density at radius 1 is 1.42 bits per heavy atom. The van der Waals surface area contributed by atoms with E-state index in [-0.39, 0.29) is 5.82 Å². The Labute approximate surface area is 113 Å². The average molecular weight is 281 g/mol. The Kier molecular flexibility index (Phi) is 4.08. The Hall–Kier alpha value is -1.99. The number of hydrogen-bond donors (Lipinski definition) is 1. The predicted octanol–water partition coefficient (Wildman–Crippen LogP) is 2.97. The summed E-state index contributed by atoms with van der Waals surface area (Å²) in [4.78, 5) is 16.3. The normalized spacial score (nSPS) is 10.3. The van der Waals surface area contributed by atoms with Crippen molar-refractivity contribution in [2.24, 2.45) is 0 Å². The first-order valence-corrected chi connectivity index (χ1v) is 6.19. The van der Waals surface area contributed by atoms with E-state index in [0.29, 0.717) is 10.7 Å². The van der Waals surface area contributed by atoms with Crippen molar-refractivity contribution in [1.82, 2.24) is 9.44 Å². The quantitative estimate of drug-likeness (QED) is 0.880. The van der Waals surface area contributed by atoms with E-state index in [2.05, 4.69) is 9.69 Å². The fourth-order valence-electron chi connectivity index (χ4n) is 1.36. The van der Waals surface area contributed by atoms with Gasteiger partial charge in [0.1, 0.15) is 10.8 Å². The fourth-order valence-corrected chi connectivity index (χ4v) is 2.01. The first kappa shape index (κ1) is 13.4. The first-order valence-electron chi connectivity index (χ1n) is 5.41. The van der Waals surface area contributed by atoms with Crippen LogP contribution >= 0.6 is 11.5 Å². The van der Waals surface area contributed by atoms with Gasteiger partial charge in [-0.1, -0.05) is 0 Å². The molecule has 0 radical (unpaired) electrons. The summed E-state index contributed by atoms with van der Waals surface area (Å²) >= 11 is 1.15. The number of aromatic nitrogens is 1. The number of nitrogens with zero attached hydrogens (tertiary/aromatic N) is 2. The predicted molar refractivity (Wildman–Crippen MR) is 71.3 cm³/mol. The number of carbonyl (C=O) groups excluding carboxylic acids is 1. The SMILES string of the molecule is CON(C)C(=O)Nc1cc(-c2ccc(F)cc2)ns1. The minimum Gasteiger partial charge on any atom is -0.296 e. The monoisotopic (exact) mass is 281 g/mol. The van der Waals surface area contributed by atoms with Gasteiger partial charge >= 0.3 is 6.03 Å². The average Bonchev–Trinajstić information content (AvgIpc) is 2.87. The summed E-state index contributed by atoms with van der Waals surface area (Å²) in [5, 5.41) is 4.30. The second-order valence-corrected chi connectivity index (χ2v) is 4.50. The molecule has 0 saturated heterocycles. The van der Waals surface area contributed by atoms with Gasteiger partial charge in [0.25, 0.3) is 0 Å². The number of urea groups is 1. The maximum absolute atomic E-state index is 12.8. The Morgan fingerprint density at radius 2 is 2.11 bits per heavy atom. The molecule has 1 aromatic carbocycles. The van der Waals surface area contributed by atoms with Crippen LogP contribution in [0.25, 0.3) is 11.3 Å². The zero-order valence-corrected chi connectivity index (χ0v) is 11.2. The van der Waals surface area contributed by atoms with E-state index >= 15 is 0 Å². The van der Waals surface area contributed by atoms with Gasteiger partial charge in [-0.15, -0.1) is 0 Å². The summed E-state index contributed by atoms with van der Waals surface area (Å²) in [5.74, 6) is -0.297. The van der Waals surface area contributed by atoms with Crippen molar-refractivity contribution in [3.63, 3.8) is 0 Å². The highest BCUT2D eigenvalue weighted by Crippen LogP contribution is 2.25. The van der Waals surface area contributed by atoms with Crippen LogP contribution in [-0.4, -0.2) is 29.6 Å². The second-order valence-electron chi connectivity index (χ2n) is 3.69. The summed E-state index contributed by atoms with van der Waals surface area (Å²) in [6.45, 7) is 0. The van der Waals surface area contributed by atoms with Crippen LogP contribution in [0.1, 0.15) is 0 Å². The lowest BCUT2D eigenvalue weighted by Gasteiger charge is -2.12. The highest BCUT2D eigenvalue weighted by molar-refractivity contribution is 7.10. The van der Waals surface area contributed by atoms with Crippen LogP contribution in [0.2, 0.25) is 0 Å². The van der Waals surface area contributed by atoms with Gasteiger partial charge < -0.3 is 0 Å². The molecule has 0 aliphatic rings. The summed E-state index contributed by atoms with van der Waals surface area (Å²) in [6.07, 6.45) is 0. The molecule has 2 aromatic rings. The molecule has 100 valence electrons. The van der Waals surface area contributed by atoms with E-state index in [1.165, 1.54) is 26.3 Å². The molecule has 0 fully saturated rings. The number of carbonyl (C=O) groups is 1. The van der Waals surface area contributed by atoms with E-state index < -0.39 is 6.03 Å². The van der Waals surface area contributed by atoms with Crippen LogP contribution in [0.4, 0.5) is 14.2 Å². The maximum Gasteiger partial charge on any atom is 0.346 e. The standard InChI is InChI=1S/C12H12FN3O2S/c1-16(18-2)12(17)14-11-7-10(15-19-11)8-3-5-9(13)6-4-8/h3-7H,1-2H3,(H,14,17). The van der Waals surface area contributed by atoms with Crippen molar-refractivity contribution in [2.45, 2.75) is 0 Å². The van der Waals surface area contributed by atoms with Crippen LogP contribution in [0.3, 0.4) is 0 Å². The smallest absolute Gasteiger partial charge is 0.296 e. The molecule has 0 saturated carbocycles. The third kappa shape index (κ3) is 3.27. The van der Waals surface area contributed by atoms with Crippen LogP contribution in [-0.2, 0) is 4.84 Å². The molecule has 0 aliphatic heterocycles. The summed E-state index contributed by atoms with van der Waals surface area (Å²) < 4.78 is 17.0. The molecule has 1 N–H and O–H groups in total. The van der Waals surface area contributed by atoms with Gasteiger partial charge in [0.2, 0.25) is 0 Å². The van der Waals surface area contributed by atoms with Crippen molar-refractivity contribution in [1.29, 1.82) is 0 Å². The van der Waals surface area contributed by atoms with Crippen LogP contribution in [0.15, 0.2) is 30.3 Å². The van der Waals surface area contributed by atoms with Gasteiger partial charge in [-0.25, -0.2) is 14.2 Å². The maximum atomic E-state index is 12.8. The Morgan fingerprint density at radius 3 is 2.74 bits per heavy atom. The number of halogens is 1. The lowest BCUT2D eigenvalue weighted by molar-refractivity contribution is -0.0597. The number of nitrogens with one attached hydrogen (secondary N) is 1. The summed E-state index contributed by atoms with van der Waals surface area (Å²) in [7, 11) is 2.90. The van der Waals surface area contributed by atoms with Crippen molar-refractivity contribution in [3.8, 4) is 11.3 Å². The van der Waals surface area contributed by atoms with Gasteiger partial charge in [-0.2, -0.15) is 4.37 Å². The van der Waals surface area contributed by atoms with E-state index in [0.717, 1.165) is 22.2 Å². The number of rotatable bonds is 3. The molecule has 0 unspecified atom stereocenters. The molecule has 1 aromatic heterocycles. The highest BCUT2D eigenvalue weighted by Gasteiger charge is 2.11. The molecule has 2 amide bonds. The lowest BCUT2D eigenvalue weighted by atomic mass is 10.1. The van der Waals surface area contributed by atoms with Gasteiger partial charge in [-0.05, 0) is 35.8 Å². The van der Waals surface area contributed by atoms with Crippen LogP contribution in [0, 0.1) is 5.82 Å². The zero-order chi connectivity index (χ0) is 13.8. The van der Waals surface area contributed by atoms with Crippen molar-refractivity contribution in [2.75, 3.05) is 19.5 Å². The van der Waals surface area contributed by atoms with Crippen LogP contribution in [0.5, 0.6) is 0 Å². The summed E-state index contributed by atoms with van der Waals surface area (Å²) in [6, 6.07) is 7.34. The molecule has 19 heavy (non-hydrogen) atoms. The molecule has 0 atom stereocenters. The highest BCUT2D eigenvalue weighted by atomic mass is 32.1. The van der Waals surface area contributed by atoms with E-state index in [9.17, 15) is 9.18 Å². The van der Waals surface area contributed by atoms with E-state index in [1.54, 1.807) is 18.2 Å². The topological polar surface area (TPSA) is 54.5 Å². The molecule has 1 heterocycles. The van der Waals surface area contributed by atoms with E-state index in [4.69, 9.17) is 4.84 Å². The molecule has 0 aliphatic carbocycles. The summed E-state index contributed by atoms with van der Waals surface area (Å²) in [5.41, 5.74) is 1.47. The molecule has 2 rings (SSSR count). The van der Waals surface area contributed by atoms with Gasteiger partial charge in [0.05, 0.1) is 12.8 Å². The lowest BCUT2D eigenvalue weighted by Crippen LogP contribution is -2.29.